The molecule has 2 heterocycles. The van der Waals surface area contributed by atoms with Gasteiger partial charge in [0.1, 0.15) is 24.6 Å². The topological polar surface area (TPSA) is 68.3 Å². The number of aromatic nitrogens is 2. The molecule has 8 heteroatoms. The van der Waals surface area contributed by atoms with E-state index >= 15 is 0 Å². The molecular formula is C25H28ClFN4O2. The maximum absolute atomic E-state index is 13.6. The second-order valence-corrected chi connectivity index (χ2v) is 9.27. The van der Waals surface area contributed by atoms with Gasteiger partial charge in [0, 0.05) is 23.2 Å². The molecule has 2 fully saturated rings. The van der Waals surface area contributed by atoms with Gasteiger partial charge in [-0.1, -0.05) is 24.4 Å². The van der Waals surface area contributed by atoms with Gasteiger partial charge in [-0.05, 0) is 62.4 Å². The van der Waals surface area contributed by atoms with Crippen LogP contribution in [0.3, 0.4) is 0 Å². The highest BCUT2D eigenvalue weighted by molar-refractivity contribution is 6.31. The average Bonchev–Trinajstić information content (AvgIpc) is 3.53. The Morgan fingerprint density at radius 3 is 2.61 bits per heavy atom. The maximum atomic E-state index is 13.6. The smallest absolute Gasteiger partial charge is 0.163 e. The molecule has 0 radical (unpaired) electrons. The number of ether oxygens (including phenoxy) is 2. The van der Waals surface area contributed by atoms with Gasteiger partial charge in [0.05, 0.1) is 17.1 Å². The fraction of sp³-hybridized carbons (Fsp3) is 0.440. The van der Waals surface area contributed by atoms with Crippen molar-refractivity contribution < 1.29 is 13.9 Å². The highest BCUT2D eigenvalue weighted by atomic mass is 35.5. The van der Waals surface area contributed by atoms with Gasteiger partial charge in [0.15, 0.2) is 11.5 Å². The summed E-state index contributed by atoms with van der Waals surface area (Å²) in [4.78, 5) is 8.85. The van der Waals surface area contributed by atoms with Crippen LogP contribution in [0.2, 0.25) is 5.02 Å². The quantitative estimate of drug-likeness (QED) is 0.429. The number of fused-ring (bicyclic) bond motifs is 1. The summed E-state index contributed by atoms with van der Waals surface area (Å²) in [5.74, 6) is 2.12. The van der Waals surface area contributed by atoms with E-state index in [1.807, 2.05) is 12.1 Å². The summed E-state index contributed by atoms with van der Waals surface area (Å²) in [6, 6.07) is 8.68. The normalized spacial score (nSPS) is 18.7. The van der Waals surface area contributed by atoms with Gasteiger partial charge in [-0.15, -0.1) is 0 Å². The lowest BCUT2D eigenvalue weighted by Gasteiger charge is -2.18. The summed E-state index contributed by atoms with van der Waals surface area (Å²) in [5.41, 5.74) is 1.38. The number of hydrogen-bond donors (Lipinski definition) is 2. The number of benzene rings is 2. The molecule has 1 aliphatic carbocycles. The Balaban J connectivity index is 1.44. The minimum Gasteiger partial charge on any atom is -0.489 e. The van der Waals surface area contributed by atoms with E-state index in [0.717, 1.165) is 23.9 Å². The molecule has 0 spiro atoms. The summed E-state index contributed by atoms with van der Waals surface area (Å²) in [6.45, 7) is 2.29. The minimum absolute atomic E-state index is 0.0500. The number of rotatable bonds is 8. The molecule has 1 aromatic heterocycles. The first kappa shape index (κ1) is 22.2. The molecule has 2 N–H and O–H groups in total. The molecule has 0 unspecified atom stereocenters. The standard InChI is InChI=1S/C25H28ClFN4O2/c26-20-10-17(7-8-21(20)27)31-25-19-11-23(33-14-18-6-3-9-28-18)24(12-22(19)29-15-30-25)32-13-16-4-1-2-5-16/h7-8,10-12,15-16,18,28H,1-6,9,13-14H2,(H,29,30,31)/t18-/m0/s1. The molecule has 0 bridgehead atoms. The fourth-order valence-corrected chi connectivity index (χ4v) is 4.75. The monoisotopic (exact) mass is 470 g/mol. The van der Waals surface area contributed by atoms with Crippen LogP contribution < -0.4 is 20.1 Å². The highest BCUT2D eigenvalue weighted by Crippen LogP contribution is 2.36. The molecule has 33 heavy (non-hydrogen) atoms. The third-order valence-corrected chi connectivity index (χ3v) is 6.72. The SMILES string of the molecule is Fc1ccc(Nc2ncnc3cc(OCC4CCCC4)c(OC[C@@H]4CCCN4)cc23)cc1Cl. The zero-order valence-electron chi connectivity index (χ0n) is 18.4. The van der Waals surface area contributed by atoms with E-state index in [1.54, 1.807) is 6.07 Å². The van der Waals surface area contributed by atoms with E-state index in [0.29, 0.717) is 48.2 Å². The number of anilines is 2. The Bertz CT molecular complexity index is 1120. The van der Waals surface area contributed by atoms with Crippen LogP contribution in [0.25, 0.3) is 10.9 Å². The molecule has 174 valence electrons. The van der Waals surface area contributed by atoms with Crippen LogP contribution in [-0.4, -0.2) is 35.8 Å². The molecule has 0 amide bonds. The predicted octanol–water partition coefficient (Wildman–Crippen LogP) is 5.87. The molecule has 6 nitrogen and oxygen atoms in total. The summed E-state index contributed by atoms with van der Waals surface area (Å²) in [5, 5.41) is 7.54. The zero-order valence-corrected chi connectivity index (χ0v) is 19.2. The van der Waals surface area contributed by atoms with Crippen LogP contribution in [0.5, 0.6) is 11.5 Å². The third-order valence-electron chi connectivity index (χ3n) is 6.43. The van der Waals surface area contributed by atoms with Crippen LogP contribution >= 0.6 is 11.6 Å². The first-order valence-corrected chi connectivity index (χ1v) is 12.0. The first-order valence-electron chi connectivity index (χ1n) is 11.7. The van der Waals surface area contributed by atoms with Crippen molar-refractivity contribution in [1.29, 1.82) is 0 Å². The number of nitrogens with one attached hydrogen (secondary N) is 2. The van der Waals surface area contributed by atoms with Crippen LogP contribution in [0, 0.1) is 11.7 Å². The molecule has 1 saturated heterocycles. The summed E-state index contributed by atoms with van der Waals surface area (Å²) >= 11 is 5.95. The maximum Gasteiger partial charge on any atom is 0.163 e. The van der Waals surface area contributed by atoms with E-state index in [4.69, 9.17) is 21.1 Å². The predicted molar refractivity (Wildman–Crippen MR) is 128 cm³/mol. The van der Waals surface area contributed by atoms with Gasteiger partial charge in [-0.2, -0.15) is 0 Å². The lowest BCUT2D eigenvalue weighted by Crippen LogP contribution is -2.28. The van der Waals surface area contributed by atoms with Gasteiger partial charge in [-0.3, -0.25) is 0 Å². The average molecular weight is 471 g/mol. The Kier molecular flexibility index (Phi) is 6.78. The number of halogens is 2. The summed E-state index contributed by atoms with van der Waals surface area (Å²) in [6.07, 6.45) is 8.75. The summed E-state index contributed by atoms with van der Waals surface area (Å²) in [7, 11) is 0. The van der Waals surface area contributed by atoms with Crippen LogP contribution in [0.1, 0.15) is 38.5 Å². The molecule has 2 aromatic carbocycles. The van der Waals surface area contributed by atoms with Crippen molar-refractivity contribution in [1.82, 2.24) is 15.3 Å². The van der Waals surface area contributed by atoms with Crippen LogP contribution in [-0.2, 0) is 0 Å². The lowest BCUT2D eigenvalue weighted by molar-refractivity contribution is 0.223. The second kappa shape index (κ2) is 10.1. The Morgan fingerprint density at radius 1 is 1.00 bits per heavy atom. The highest BCUT2D eigenvalue weighted by Gasteiger charge is 2.20. The van der Waals surface area contributed by atoms with E-state index in [9.17, 15) is 4.39 Å². The first-order chi connectivity index (χ1) is 16.2. The van der Waals surface area contributed by atoms with Gasteiger partial charge >= 0.3 is 0 Å². The Hall–Kier alpha value is -2.64. The third kappa shape index (κ3) is 5.31. The van der Waals surface area contributed by atoms with Gasteiger partial charge in [0.25, 0.3) is 0 Å². The Morgan fingerprint density at radius 2 is 1.82 bits per heavy atom. The molecule has 1 atom stereocenters. The molecule has 1 aliphatic heterocycles. The van der Waals surface area contributed by atoms with E-state index in [-0.39, 0.29) is 5.02 Å². The van der Waals surface area contributed by atoms with Crippen molar-refractivity contribution in [3.63, 3.8) is 0 Å². The van der Waals surface area contributed by atoms with Gasteiger partial charge in [0.2, 0.25) is 0 Å². The molecular weight excluding hydrogens is 443 g/mol. The zero-order chi connectivity index (χ0) is 22.6. The van der Waals surface area contributed by atoms with E-state index in [1.165, 1.54) is 50.6 Å². The Labute approximate surface area is 197 Å². The lowest BCUT2D eigenvalue weighted by atomic mass is 10.1. The number of hydrogen-bond acceptors (Lipinski definition) is 6. The number of nitrogens with zero attached hydrogens (tertiary/aromatic N) is 2. The van der Waals surface area contributed by atoms with Crippen LogP contribution in [0.4, 0.5) is 15.9 Å². The van der Waals surface area contributed by atoms with Crippen LogP contribution in [0.15, 0.2) is 36.7 Å². The van der Waals surface area contributed by atoms with Gasteiger partial charge < -0.3 is 20.1 Å². The molecule has 2 aliphatic rings. The molecule has 3 aromatic rings. The van der Waals surface area contributed by atoms with Crippen molar-refractivity contribution >= 4 is 34.0 Å². The fourth-order valence-electron chi connectivity index (χ4n) is 4.57. The van der Waals surface area contributed by atoms with Crippen molar-refractivity contribution in [2.24, 2.45) is 5.92 Å². The van der Waals surface area contributed by atoms with Crippen molar-refractivity contribution in [2.45, 2.75) is 44.6 Å². The van der Waals surface area contributed by atoms with Crippen molar-refractivity contribution in [3.05, 3.63) is 47.5 Å². The van der Waals surface area contributed by atoms with Gasteiger partial charge in [-0.25, -0.2) is 14.4 Å². The van der Waals surface area contributed by atoms with E-state index < -0.39 is 5.82 Å². The summed E-state index contributed by atoms with van der Waals surface area (Å²) < 4.78 is 26.1. The minimum atomic E-state index is -0.463. The molecule has 5 rings (SSSR count). The van der Waals surface area contributed by atoms with Crippen molar-refractivity contribution in [2.75, 3.05) is 25.1 Å². The second-order valence-electron chi connectivity index (χ2n) is 8.86. The largest absolute Gasteiger partial charge is 0.489 e. The van der Waals surface area contributed by atoms with Crippen molar-refractivity contribution in [3.8, 4) is 11.5 Å². The molecule has 1 saturated carbocycles. The van der Waals surface area contributed by atoms with E-state index in [2.05, 4.69) is 20.6 Å².